The number of aliphatic carboxylic acids is 1. The average Bonchev–Trinajstić information content (AvgIpc) is 2.82. The summed E-state index contributed by atoms with van der Waals surface area (Å²) >= 11 is 0. The van der Waals surface area contributed by atoms with Gasteiger partial charge in [-0.05, 0) is 31.8 Å². The van der Waals surface area contributed by atoms with E-state index in [4.69, 9.17) is 5.11 Å². The Morgan fingerprint density at radius 3 is 2.60 bits per heavy atom. The molecule has 5 nitrogen and oxygen atoms in total. The second-order valence-electron chi connectivity index (χ2n) is 6.70. The summed E-state index contributed by atoms with van der Waals surface area (Å²) in [7, 11) is 0. The van der Waals surface area contributed by atoms with Gasteiger partial charge in [-0.1, -0.05) is 38.0 Å². The molecule has 5 heteroatoms. The van der Waals surface area contributed by atoms with Crippen LogP contribution < -0.4 is 0 Å². The lowest BCUT2D eigenvalue weighted by Crippen LogP contribution is -2.18. The van der Waals surface area contributed by atoms with Crippen LogP contribution in [0.1, 0.15) is 64.7 Å². The molecule has 0 saturated heterocycles. The van der Waals surface area contributed by atoms with E-state index in [-0.39, 0.29) is 36.2 Å². The fourth-order valence-corrected chi connectivity index (χ4v) is 3.11. The lowest BCUT2D eigenvalue weighted by molar-refractivity contribution is -0.137. The van der Waals surface area contributed by atoms with Crippen molar-refractivity contribution in [1.29, 1.82) is 0 Å². The van der Waals surface area contributed by atoms with Gasteiger partial charge in [0.25, 0.3) is 0 Å². The molecule has 0 aromatic carbocycles. The molecule has 0 amide bonds. The van der Waals surface area contributed by atoms with Crippen LogP contribution in [-0.2, 0) is 14.4 Å². The van der Waals surface area contributed by atoms with Crippen LogP contribution in [0.2, 0.25) is 0 Å². The molecule has 1 unspecified atom stereocenters. The highest BCUT2D eigenvalue weighted by molar-refractivity contribution is 5.90. The normalized spacial score (nSPS) is 23.8. The van der Waals surface area contributed by atoms with Crippen molar-refractivity contribution in [2.24, 2.45) is 11.8 Å². The van der Waals surface area contributed by atoms with E-state index < -0.39 is 12.1 Å². The van der Waals surface area contributed by atoms with Crippen LogP contribution in [0, 0.1) is 11.8 Å². The number of ketones is 2. The van der Waals surface area contributed by atoms with Crippen LogP contribution in [0.4, 0.5) is 0 Å². The minimum Gasteiger partial charge on any atom is -0.481 e. The second kappa shape index (κ2) is 11.7. The molecule has 3 atom stereocenters. The number of aliphatic hydroxyl groups is 1. The molecule has 1 rings (SSSR count). The summed E-state index contributed by atoms with van der Waals surface area (Å²) in [5.74, 6) is -1.35. The maximum absolute atomic E-state index is 12.1. The van der Waals surface area contributed by atoms with Crippen LogP contribution in [0.15, 0.2) is 24.3 Å². The minimum atomic E-state index is -0.809. The molecule has 0 heterocycles. The molecule has 0 spiro atoms. The Labute approximate surface area is 149 Å². The van der Waals surface area contributed by atoms with Crippen molar-refractivity contribution in [3.63, 3.8) is 0 Å². The van der Waals surface area contributed by atoms with Gasteiger partial charge >= 0.3 is 5.97 Å². The zero-order chi connectivity index (χ0) is 18.7. The lowest BCUT2D eigenvalue weighted by Gasteiger charge is -2.15. The first-order valence-corrected chi connectivity index (χ1v) is 9.24. The largest absolute Gasteiger partial charge is 0.481 e. The molecule has 0 aromatic heterocycles. The van der Waals surface area contributed by atoms with E-state index in [2.05, 4.69) is 6.92 Å². The molecule has 0 aliphatic heterocycles. The number of Topliss-reactive ketones (excluding diaryl/α,β-unsaturated/α-hetero) is 1. The molecule has 140 valence electrons. The Balaban J connectivity index is 2.49. The number of hydrogen-bond donors (Lipinski definition) is 2. The van der Waals surface area contributed by atoms with Crippen LogP contribution in [0.25, 0.3) is 0 Å². The van der Waals surface area contributed by atoms with E-state index in [0.717, 1.165) is 19.3 Å². The number of unbranched alkanes of at least 4 members (excludes halogenated alkanes) is 3. The fourth-order valence-electron chi connectivity index (χ4n) is 3.11. The van der Waals surface area contributed by atoms with Crippen LogP contribution in [-0.4, -0.2) is 33.9 Å². The summed E-state index contributed by atoms with van der Waals surface area (Å²) < 4.78 is 0. The van der Waals surface area contributed by atoms with Crippen molar-refractivity contribution in [2.75, 3.05) is 0 Å². The first kappa shape index (κ1) is 21.3. The van der Waals surface area contributed by atoms with Gasteiger partial charge in [0, 0.05) is 31.1 Å². The van der Waals surface area contributed by atoms with Gasteiger partial charge in [-0.2, -0.15) is 0 Å². The quantitative estimate of drug-likeness (QED) is 0.319. The molecular formula is C20H30O5. The van der Waals surface area contributed by atoms with Crippen molar-refractivity contribution in [3.05, 3.63) is 24.3 Å². The third-order valence-electron chi connectivity index (χ3n) is 4.58. The second-order valence-corrected chi connectivity index (χ2v) is 6.70. The van der Waals surface area contributed by atoms with Crippen molar-refractivity contribution >= 4 is 17.5 Å². The summed E-state index contributed by atoms with van der Waals surface area (Å²) in [6, 6.07) is 0. The predicted octanol–water partition coefficient (Wildman–Crippen LogP) is 3.46. The van der Waals surface area contributed by atoms with E-state index in [9.17, 15) is 19.5 Å². The van der Waals surface area contributed by atoms with Crippen LogP contribution in [0.3, 0.4) is 0 Å². The van der Waals surface area contributed by atoms with E-state index in [1.165, 1.54) is 6.08 Å². The summed E-state index contributed by atoms with van der Waals surface area (Å²) in [5.41, 5.74) is 0. The SMILES string of the molecule is CCCCCC(=O)/C=C/[C@H]1C(O)CC(=O)[C@@H]1C/C=C/CCCC(=O)O. The minimum absolute atomic E-state index is 0.0239. The molecule has 0 aromatic rings. The molecule has 1 aliphatic rings. The van der Waals surface area contributed by atoms with Crippen LogP contribution >= 0.6 is 0 Å². The molecule has 1 aliphatic carbocycles. The molecule has 25 heavy (non-hydrogen) atoms. The zero-order valence-corrected chi connectivity index (χ0v) is 15.0. The molecule has 2 N–H and O–H groups in total. The maximum atomic E-state index is 12.1. The highest BCUT2D eigenvalue weighted by Crippen LogP contribution is 2.33. The summed E-state index contributed by atoms with van der Waals surface area (Å²) in [6.07, 6.45) is 11.8. The van der Waals surface area contributed by atoms with Gasteiger partial charge in [0.2, 0.25) is 0 Å². The van der Waals surface area contributed by atoms with Gasteiger partial charge in [-0.3, -0.25) is 14.4 Å². The Bertz CT molecular complexity index is 506. The van der Waals surface area contributed by atoms with Gasteiger partial charge in [0.05, 0.1) is 6.10 Å². The van der Waals surface area contributed by atoms with Gasteiger partial charge in [0.1, 0.15) is 5.78 Å². The third-order valence-corrected chi connectivity index (χ3v) is 4.58. The van der Waals surface area contributed by atoms with Gasteiger partial charge in [0.15, 0.2) is 5.78 Å². The number of aliphatic hydroxyl groups excluding tert-OH is 1. The molecule has 1 fully saturated rings. The van der Waals surface area contributed by atoms with E-state index in [1.54, 1.807) is 6.08 Å². The monoisotopic (exact) mass is 350 g/mol. The molecule has 1 saturated carbocycles. The van der Waals surface area contributed by atoms with Gasteiger partial charge < -0.3 is 10.2 Å². The number of carboxylic acid groups (broad SMARTS) is 1. The number of hydrogen-bond acceptors (Lipinski definition) is 4. The number of allylic oxidation sites excluding steroid dienone is 3. The highest BCUT2D eigenvalue weighted by Gasteiger charge is 2.39. The summed E-state index contributed by atoms with van der Waals surface area (Å²) in [5, 5.41) is 18.7. The standard InChI is InChI=1S/C20H30O5/c1-2-3-6-9-15(21)12-13-17-16(18(22)14-19(17)23)10-7-4-5-8-11-20(24)25/h4,7,12-13,16-17,19,23H,2-3,5-6,8-11,14H2,1H3,(H,24,25)/b7-4+,13-12+/t16-,17-,19?/m1/s1. The average molecular weight is 350 g/mol. The maximum Gasteiger partial charge on any atom is 0.303 e. The van der Waals surface area contributed by atoms with E-state index in [0.29, 0.717) is 25.7 Å². The topological polar surface area (TPSA) is 91.7 Å². The Hall–Kier alpha value is -1.75. The lowest BCUT2D eigenvalue weighted by atomic mass is 9.90. The van der Waals surface area contributed by atoms with Gasteiger partial charge in [-0.15, -0.1) is 0 Å². The first-order chi connectivity index (χ1) is 12.0. The predicted molar refractivity (Wildman–Crippen MR) is 96.1 cm³/mol. The number of carbonyl (C=O) groups excluding carboxylic acids is 2. The number of carboxylic acids is 1. The van der Waals surface area contributed by atoms with Crippen molar-refractivity contribution in [2.45, 2.75) is 70.8 Å². The smallest absolute Gasteiger partial charge is 0.303 e. The molecule has 0 bridgehead atoms. The molecule has 0 radical (unpaired) electrons. The van der Waals surface area contributed by atoms with Crippen molar-refractivity contribution in [1.82, 2.24) is 0 Å². The highest BCUT2D eigenvalue weighted by atomic mass is 16.4. The Morgan fingerprint density at radius 2 is 1.92 bits per heavy atom. The van der Waals surface area contributed by atoms with Crippen molar-refractivity contribution in [3.8, 4) is 0 Å². The first-order valence-electron chi connectivity index (χ1n) is 9.24. The van der Waals surface area contributed by atoms with E-state index in [1.807, 2.05) is 12.2 Å². The Morgan fingerprint density at radius 1 is 1.16 bits per heavy atom. The summed E-state index contributed by atoms with van der Waals surface area (Å²) in [6.45, 7) is 2.08. The number of carbonyl (C=O) groups is 3. The Kier molecular flexibility index (Phi) is 10.0. The van der Waals surface area contributed by atoms with Gasteiger partial charge in [-0.25, -0.2) is 0 Å². The fraction of sp³-hybridized carbons (Fsp3) is 0.650. The molecular weight excluding hydrogens is 320 g/mol. The number of rotatable bonds is 12. The summed E-state index contributed by atoms with van der Waals surface area (Å²) in [4.78, 5) is 34.4. The zero-order valence-electron chi connectivity index (χ0n) is 15.0. The van der Waals surface area contributed by atoms with E-state index >= 15 is 0 Å². The van der Waals surface area contributed by atoms with Crippen molar-refractivity contribution < 1.29 is 24.6 Å². The van der Waals surface area contributed by atoms with Crippen LogP contribution in [0.5, 0.6) is 0 Å². The third kappa shape index (κ3) is 8.25.